The SMILES string of the molecule is CCCC1(CNCCCC(C)C)CC1. The molecule has 0 spiro atoms. The van der Waals surface area contributed by atoms with Gasteiger partial charge in [-0.25, -0.2) is 0 Å². The van der Waals surface area contributed by atoms with Gasteiger partial charge >= 0.3 is 0 Å². The molecule has 1 nitrogen and oxygen atoms in total. The predicted molar refractivity (Wildman–Crippen MR) is 63.5 cm³/mol. The third-order valence-corrected chi connectivity index (χ3v) is 3.37. The Morgan fingerprint density at radius 2 is 2.00 bits per heavy atom. The number of hydrogen-bond donors (Lipinski definition) is 1. The Labute approximate surface area is 89.7 Å². The van der Waals surface area contributed by atoms with Gasteiger partial charge in [0.05, 0.1) is 0 Å². The van der Waals surface area contributed by atoms with E-state index in [1.807, 2.05) is 0 Å². The fourth-order valence-corrected chi connectivity index (χ4v) is 2.21. The summed E-state index contributed by atoms with van der Waals surface area (Å²) in [6.07, 6.45) is 8.45. The zero-order valence-corrected chi connectivity index (χ0v) is 10.2. The van der Waals surface area contributed by atoms with Gasteiger partial charge in [-0.15, -0.1) is 0 Å². The first-order valence-corrected chi connectivity index (χ1v) is 6.39. The number of rotatable bonds is 8. The Morgan fingerprint density at radius 1 is 1.29 bits per heavy atom. The molecule has 1 aliphatic rings. The van der Waals surface area contributed by atoms with Crippen molar-refractivity contribution in [1.82, 2.24) is 5.32 Å². The van der Waals surface area contributed by atoms with E-state index in [2.05, 4.69) is 26.1 Å². The van der Waals surface area contributed by atoms with Crippen LogP contribution in [0.2, 0.25) is 0 Å². The molecule has 0 aromatic rings. The molecule has 84 valence electrons. The van der Waals surface area contributed by atoms with E-state index in [9.17, 15) is 0 Å². The van der Waals surface area contributed by atoms with E-state index in [-0.39, 0.29) is 0 Å². The normalized spacial score (nSPS) is 18.9. The van der Waals surface area contributed by atoms with Crippen LogP contribution in [0.3, 0.4) is 0 Å². The maximum Gasteiger partial charge on any atom is 0.000781 e. The highest BCUT2D eigenvalue weighted by Gasteiger charge is 2.40. The van der Waals surface area contributed by atoms with Crippen molar-refractivity contribution in [2.24, 2.45) is 11.3 Å². The first-order chi connectivity index (χ1) is 6.68. The molecule has 0 unspecified atom stereocenters. The van der Waals surface area contributed by atoms with Crippen LogP contribution in [0.25, 0.3) is 0 Å². The maximum atomic E-state index is 3.63. The highest BCUT2D eigenvalue weighted by molar-refractivity contribution is 4.94. The van der Waals surface area contributed by atoms with Crippen LogP contribution in [0, 0.1) is 11.3 Å². The number of nitrogens with one attached hydrogen (secondary N) is 1. The summed E-state index contributed by atoms with van der Waals surface area (Å²) in [6, 6.07) is 0. The first kappa shape index (κ1) is 12.0. The lowest BCUT2D eigenvalue weighted by Crippen LogP contribution is -2.25. The number of hydrogen-bond acceptors (Lipinski definition) is 1. The molecule has 0 aromatic carbocycles. The van der Waals surface area contributed by atoms with Gasteiger partial charge in [0.2, 0.25) is 0 Å². The lowest BCUT2D eigenvalue weighted by Gasteiger charge is -2.15. The summed E-state index contributed by atoms with van der Waals surface area (Å²) in [5.74, 6) is 0.863. The molecular formula is C13H27N. The van der Waals surface area contributed by atoms with Crippen LogP contribution in [0.1, 0.15) is 59.3 Å². The van der Waals surface area contributed by atoms with Crippen molar-refractivity contribution >= 4 is 0 Å². The van der Waals surface area contributed by atoms with Crippen LogP contribution in [0.5, 0.6) is 0 Å². The molecule has 0 aromatic heterocycles. The van der Waals surface area contributed by atoms with Gasteiger partial charge in [0.25, 0.3) is 0 Å². The highest BCUT2D eigenvalue weighted by Crippen LogP contribution is 2.48. The van der Waals surface area contributed by atoms with Gasteiger partial charge in [-0.1, -0.05) is 27.2 Å². The molecule has 1 aliphatic carbocycles. The van der Waals surface area contributed by atoms with Crippen molar-refractivity contribution in [2.75, 3.05) is 13.1 Å². The lowest BCUT2D eigenvalue weighted by molar-refractivity contribution is 0.412. The molecular weight excluding hydrogens is 170 g/mol. The standard InChI is InChI=1S/C13H27N/c1-4-7-13(8-9-13)11-14-10-5-6-12(2)3/h12,14H,4-11H2,1-3H3. The second-order valence-corrected chi connectivity index (χ2v) is 5.46. The summed E-state index contributed by atoms with van der Waals surface area (Å²) in [7, 11) is 0. The van der Waals surface area contributed by atoms with Crippen LogP contribution in [0.4, 0.5) is 0 Å². The monoisotopic (exact) mass is 197 g/mol. The largest absolute Gasteiger partial charge is 0.316 e. The second-order valence-electron chi connectivity index (χ2n) is 5.46. The maximum absolute atomic E-state index is 3.63. The zero-order valence-electron chi connectivity index (χ0n) is 10.2. The molecule has 1 fully saturated rings. The summed E-state index contributed by atoms with van der Waals surface area (Å²) in [6.45, 7) is 9.42. The molecule has 0 radical (unpaired) electrons. The lowest BCUT2D eigenvalue weighted by atomic mass is 10.0. The van der Waals surface area contributed by atoms with Crippen molar-refractivity contribution in [3.8, 4) is 0 Å². The molecule has 0 atom stereocenters. The minimum atomic E-state index is 0.729. The van der Waals surface area contributed by atoms with E-state index >= 15 is 0 Å². The van der Waals surface area contributed by atoms with Crippen molar-refractivity contribution in [1.29, 1.82) is 0 Å². The highest BCUT2D eigenvalue weighted by atomic mass is 14.9. The van der Waals surface area contributed by atoms with E-state index in [0.29, 0.717) is 0 Å². The average Bonchev–Trinajstić information content (AvgIpc) is 2.85. The van der Waals surface area contributed by atoms with E-state index in [4.69, 9.17) is 0 Å². The third kappa shape index (κ3) is 4.45. The van der Waals surface area contributed by atoms with Gasteiger partial charge in [0.1, 0.15) is 0 Å². The molecule has 0 amide bonds. The van der Waals surface area contributed by atoms with Gasteiger partial charge in [-0.3, -0.25) is 0 Å². The molecule has 1 heteroatoms. The Morgan fingerprint density at radius 3 is 2.50 bits per heavy atom. The Kier molecular flexibility index (Phi) is 4.94. The van der Waals surface area contributed by atoms with Crippen molar-refractivity contribution in [2.45, 2.75) is 59.3 Å². The van der Waals surface area contributed by atoms with Crippen LogP contribution >= 0.6 is 0 Å². The van der Waals surface area contributed by atoms with Gasteiger partial charge in [0.15, 0.2) is 0 Å². The Balaban J connectivity index is 1.93. The summed E-state index contributed by atoms with van der Waals surface area (Å²) in [5, 5.41) is 3.63. The van der Waals surface area contributed by atoms with Gasteiger partial charge in [-0.05, 0) is 50.0 Å². The Hall–Kier alpha value is -0.0400. The van der Waals surface area contributed by atoms with E-state index in [1.54, 1.807) is 0 Å². The molecule has 1 rings (SSSR count). The van der Waals surface area contributed by atoms with Gasteiger partial charge in [-0.2, -0.15) is 0 Å². The molecule has 1 saturated carbocycles. The van der Waals surface area contributed by atoms with Gasteiger partial charge in [0, 0.05) is 6.54 Å². The van der Waals surface area contributed by atoms with E-state index in [1.165, 1.54) is 51.6 Å². The van der Waals surface area contributed by atoms with Crippen molar-refractivity contribution in [3.63, 3.8) is 0 Å². The summed E-state index contributed by atoms with van der Waals surface area (Å²) >= 11 is 0. The fourth-order valence-electron chi connectivity index (χ4n) is 2.21. The van der Waals surface area contributed by atoms with E-state index in [0.717, 1.165) is 11.3 Å². The minimum Gasteiger partial charge on any atom is -0.316 e. The topological polar surface area (TPSA) is 12.0 Å². The van der Waals surface area contributed by atoms with Crippen LogP contribution in [-0.2, 0) is 0 Å². The van der Waals surface area contributed by atoms with Crippen LogP contribution in [0.15, 0.2) is 0 Å². The average molecular weight is 197 g/mol. The molecule has 0 aliphatic heterocycles. The smallest absolute Gasteiger partial charge is 0.000781 e. The summed E-state index contributed by atoms with van der Waals surface area (Å²) < 4.78 is 0. The van der Waals surface area contributed by atoms with E-state index < -0.39 is 0 Å². The van der Waals surface area contributed by atoms with Gasteiger partial charge < -0.3 is 5.32 Å². The second kappa shape index (κ2) is 5.75. The van der Waals surface area contributed by atoms with Crippen LogP contribution < -0.4 is 5.32 Å². The molecule has 0 heterocycles. The molecule has 0 bridgehead atoms. The van der Waals surface area contributed by atoms with Crippen molar-refractivity contribution < 1.29 is 0 Å². The van der Waals surface area contributed by atoms with Crippen LogP contribution in [-0.4, -0.2) is 13.1 Å². The molecule has 1 N–H and O–H groups in total. The fraction of sp³-hybridized carbons (Fsp3) is 1.00. The molecule has 14 heavy (non-hydrogen) atoms. The first-order valence-electron chi connectivity index (χ1n) is 6.39. The molecule has 0 saturated heterocycles. The third-order valence-electron chi connectivity index (χ3n) is 3.37. The zero-order chi connectivity index (χ0) is 10.4. The predicted octanol–water partition coefficient (Wildman–Crippen LogP) is 3.59. The summed E-state index contributed by atoms with van der Waals surface area (Å²) in [5.41, 5.74) is 0.729. The van der Waals surface area contributed by atoms with Crippen molar-refractivity contribution in [3.05, 3.63) is 0 Å². The Bertz CT molecular complexity index is 147. The summed E-state index contributed by atoms with van der Waals surface area (Å²) in [4.78, 5) is 0. The minimum absolute atomic E-state index is 0.729. The quantitative estimate of drug-likeness (QED) is 0.586.